The maximum absolute atomic E-state index is 12.5. The number of fused-ring (bicyclic) bond motifs is 1. The molecule has 0 saturated heterocycles. The lowest BCUT2D eigenvalue weighted by Crippen LogP contribution is -2.15. The number of anilines is 2. The summed E-state index contributed by atoms with van der Waals surface area (Å²) in [4.78, 5) is 20.8. The van der Waals surface area contributed by atoms with E-state index in [1.165, 1.54) is 0 Å². The number of hydrogen-bond acceptors (Lipinski definition) is 6. The van der Waals surface area contributed by atoms with E-state index in [1.807, 2.05) is 42.5 Å². The highest BCUT2D eigenvalue weighted by Crippen LogP contribution is 2.21. The van der Waals surface area contributed by atoms with Gasteiger partial charge in [0, 0.05) is 30.5 Å². The van der Waals surface area contributed by atoms with Gasteiger partial charge in [-0.3, -0.25) is 14.8 Å². The first-order chi connectivity index (χ1) is 13.3. The SMILES string of the molecule is O=C(Nc1cccc2cccnc12)c1ccc(NCc2ccncc2)nn1. The van der Waals surface area contributed by atoms with Gasteiger partial charge in [0.05, 0.1) is 11.2 Å². The van der Waals surface area contributed by atoms with E-state index in [1.54, 1.807) is 30.7 Å². The summed E-state index contributed by atoms with van der Waals surface area (Å²) in [7, 11) is 0. The molecular formula is C20H16N6O. The molecule has 0 fully saturated rings. The predicted octanol–water partition coefficient (Wildman–Crippen LogP) is 3.28. The van der Waals surface area contributed by atoms with Gasteiger partial charge >= 0.3 is 0 Å². The van der Waals surface area contributed by atoms with Crippen LogP contribution in [0.4, 0.5) is 11.5 Å². The van der Waals surface area contributed by atoms with Crippen LogP contribution in [0.25, 0.3) is 10.9 Å². The molecule has 132 valence electrons. The fourth-order valence-electron chi connectivity index (χ4n) is 2.63. The van der Waals surface area contributed by atoms with Crippen LogP contribution in [0.1, 0.15) is 16.1 Å². The van der Waals surface area contributed by atoms with Gasteiger partial charge in [-0.25, -0.2) is 0 Å². The Balaban J connectivity index is 1.44. The lowest BCUT2D eigenvalue weighted by atomic mass is 10.2. The summed E-state index contributed by atoms with van der Waals surface area (Å²) < 4.78 is 0. The Morgan fingerprint density at radius 2 is 1.74 bits per heavy atom. The largest absolute Gasteiger partial charge is 0.365 e. The number of aromatic nitrogens is 4. The molecule has 3 heterocycles. The van der Waals surface area contributed by atoms with Gasteiger partial charge in [0.2, 0.25) is 0 Å². The molecule has 0 unspecified atom stereocenters. The highest BCUT2D eigenvalue weighted by Gasteiger charge is 2.11. The maximum Gasteiger partial charge on any atom is 0.276 e. The Morgan fingerprint density at radius 1 is 0.889 bits per heavy atom. The molecule has 0 aliphatic carbocycles. The molecule has 2 N–H and O–H groups in total. The number of nitrogens with one attached hydrogen (secondary N) is 2. The molecule has 7 nitrogen and oxygen atoms in total. The average molecular weight is 356 g/mol. The van der Waals surface area contributed by atoms with Crippen molar-refractivity contribution in [3.63, 3.8) is 0 Å². The van der Waals surface area contributed by atoms with Crippen LogP contribution in [-0.4, -0.2) is 26.1 Å². The zero-order valence-corrected chi connectivity index (χ0v) is 14.3. The summed E-state index contributed by atoms with van der Waals surface area (Å²) in [5, 5.41) is 15.0. The lowest BCUT2D eigenvalue weighted by molar-refractivity contribution is 0.102. The monoisotopic (exact) mass is 356 g/mol. The molecule has 0 bridgehead atoms. The Kier molecular flexibility index (Phi) is 4.65. The molecule has 0 aliphatic rings. The summed E-state index contributed by atoms with van der Waals surface area (Å²) in [6.45, 7) is 0.602. The minimum atomic E-state index is -0.332. The first-order valence-corrected chi connectivity index (χ1v) is 8.41. The quantitative estimate of drug-likeness (QED) is 0.570. The van der Waals surface area contributed by atoms with Gasteiger partial charge in [0.15, 0.2) is 5.69 Å². The fraction of sp³-hybridized carbons (Fsp3) is 0.0500. The number of pyridine rings is 2. The number of benzene rings is 1. The van der Waals surface area contributed by atoms with Crippen molar-refractivity contribution >= 4 is 28.3 Å². The van der Waals surface area contributed by atoms with Crippen molar-refractivity contribution in [1.82, 2.24) is 20.2 Å². The molecule has 0 aliphatic heterocycles. The number of rotatable bonds is 5. The third-order valence-electron chi connectivity index (χ3n) is 4.00. The maximum atomic E-state index is 12.5. The third-order valence-corrected chi connectivity index (χ3v) is 4.00. The molecule has 27 heavy (non-hydrogen) atoms. The molecule has 0 spiro atoms. The molecule has 1 amide bonds. The highest BCUT2D eigenvalue weighted by atomic mass is 16.1. The van der Waals surface area contributed by atoms with Crippen LogP contribution >= 0.6 is 0 Å². The molecule has 3 aromatic heterocycles. The van der Waals surface area contributed by atoms with Crippen molar-refractivity contribution in [2.45, 2.75) is 6.54 Å². The number of carbonyl (C=O) groups excluding carboxylic acids is 1. The Hall–Kier alpha value is -3.87. The van der Waals surface area contributed by atoms with E-state index in [0.29, 0.717) is 18.1 Å². The topological polar surface area (TPSA) is 92.7 Å². The molecule has 0 radical (unpaired) electrons. The first-order valence-electron chi connectivity index (χ1n) is 8.41. The van der Waals surface area contributed by atoms with Crippen molar-refractivity contribution in [2.24, 2.45) is 0 Å². The molecule has 0 saturated carbocycles. The molecule has 7 heteroatoms. The van der Waals surface area contributed by atoms with Crippen LogP contribution < -0.4 is 10.6 Å². The number of nitrogens with zero attached hydrogens (tertiary/aromatic N) is 4. The van der Waals surface area contributed by atoms with E-state index in [4.69, 9.17) is 0 Å². The standard InChI is InChI=1S/C20H16N6O/c27-20(24-16-5-1-3-15-4-2-10-22-19(15)16)17-6-7-18(26-25-17)23-13-14-8-11-21-12-9-14/h1-12H,13H2,(H,23,26)(H,24,27). The van der Waals surface area contributed by atoms with Crippen molar-refractivity contribution in [2.75, 3.05) is 10.6 Å². The van der Waals surface area contributed by atoms with Crippen molar-refractivity contribution < 1.29 is 4.79 Å². The van der Waals surface area contributed by atoms with E-state index >= 15 is 0 Å². The fourth-order valence-corrected chi connectivity index (χ4v) is 2.63. The summed E-state index contributed by atoms with van der Waals surface area (Å²) in [6, 6.07) is 16.6. The zero-order chi connectivity index (χ0) is 18.5. The second-order valence-corrected chi connectivity index (χ2v) is 5.85. The smallest absolute Gasteiger partial charge is 0.276 e. The second kappa shape index (κ2) is 7.57. The van der Waals surface area contributed by atoms with Gasteiger partial charge in [-0.05, 0) is 42.0 Å². The van der Waals surface area contributed by atoms with E-state index in [2.05, 4.69) is 30.8 Å². The summed E-state index contributed by atoms with van der Waals surface area (Å²) >= 11 is 0. The number of hydrogen-bond donors (Lipinski definition) is 2. The van der Waals surface area contributed by atoms with Gasteiger partial charge in [0.1, 0.15) is 5.82 Å². The summed E-state index contributed by atoms with van der Waals surface area (Å²) in [5.74, 6) is 0.261. The molecule has 4 aromatic rings. The Bertz CT molecular complexity index is 1060. The Labute approximate surface area is 155 Å². The van der Waals surface area contributed by atoms with Gasteiger partial charge in [-0.15, -0.1) is 10.2 Å². The Morgan fingerprint density at radius 3 is 2.56 bits per heavy atom. The molecule has 4 rings (SSSR count). The molecule has 0 atom stereocenters. The van der Waals surface area contributed by atoms with Gasteiger partial charge in [0.25, 0.3) is 5.91 Å². The van der Waals surface area contributed by atoms with E-state index < -0.39 is 0 Å². The molecule has 1 aromatic carbocycles. The highest BCUT2D eigenvalue weighted by molar-refractivity contribution is 6.07. The number of para-hydroxylation sites is 1. The molecular weight excluding hydrogens is 340 g/mol. The van der Waals surface area contributed by atoms with Crippen LogP contribution in [0.5, 0.6) is 0 Å². The van der Waals surface area contributed by atoms with Crippen molar-refractivity contribution in [1.29, 1.82) is 0 Å². The minimum Gasteiger partial charge on any atom is -0.365 e. The second-order valence-electron chi connectivity index (χ2n) is 5.85. The van der Waals surface area contributed by atoms with Crippen molar-refractivity contribution in [3.8, 4) is 0 Å². The predicted molar refractivity (Wildman–Crippen MR) is 103 cm³/mol. The van der Waals surface area contributed by atoms with Crippen LogP contribution in [0, 0.1) is 0 Å². The van der Waals surface area contributed by atoms with Gasteiger partial charge in [-0.2, -0.15) is 0 Å². The van der Waals surface area contributed by atoms with Crippen LogP contribution in [0.2, 0.25) is 0 Å². The number of amides is 1. The number of carbonyl (C=O) groups is 1. The summed E-state index contributed by atoms with van der Waals surface area (Å²) in [6.07, 6.45) is 5.16. The normalized spacial score (nSPS) is 10.5. The third kappa shape index (κ3) is 3.87. The van der Waals surface area contributed by atoms with Crippen LogP contribution in [0.3, 0.4) is 0 Å². The van der Waals surface area contributed by atoms with E-state index in [9.17, 15) is 4.79 Å². The van der Waals surface area contributed by atoms with Crippen LogP contribution in [-0.2, 0) is 6.54 Å². The van der Waals surface area contributed by atoms with E-state index in [0.717, 1.165) is 16.5 Å². The van der Waals surface area contributed by atoms with E-state index in [-0.39, 0.29) is 11.6 Å². The zero-order valence-electron chi connectivity index (χ0n) is 14.3. The van der Waals surface area contributed by atoms with Crippen molar-refractivity contribution in [3.05, 3.63) is 84.4 Å². The average Bonchev–Trinajstić information content (AvgIpc) is 2.74. The first kappa shape index (κ1) is 16.6. The summed E-state index contributed by atoms with van der Waals surface area (Å²) in [5.41, 5.74) is 2.69. The lowest BCUT2D eigenvalue weighted by Gasteiger charge is -2.08. The van der Waals surface area contributed by atoms with Gasteiger partial charge in [-0.1, -0.05) is 18.2 Å². The van der Waals surface area contributed by atoms with Crippen LogP contribution in [0.15, 0.2) is 73.2 Å². The minimum absolute atomic E-state index is 0.234. The van der Waals surface area contributed by atoms with Gasteiger partial charge < -0.3 is 10.6 Å².